The lowest BCUT2D eigenvalue weighted by atomic mass is 10.1. The van der Waals surface area contributed by atoms with Gasteiger partial charge in [0.2, 0.25) is 0 Å². The van der Waals surface area contributed by atoms with Crippen LogP contribution in [0.25, 0.3) is 0 Å². The third-order valence-corrected chi connectivity index (χ3v) is 3.81. The molecule has 1 atom stereocenters. The van der Waals surface area contributed by atoms with Crippen LogP contribution in [0.4, 0.5) is 0 Å². The third-order valence-electron chi connectivity index (χ3n) is 2.38. The third kappa shape index (κ3) is 3.45. The average Bonchev–Trinajstić information content (AvgIpc) is 2.22. The van der Waals surface area contributed by atoms with Gasteiger partial charge in [-0.05, 0) is 54.5 Å². The fourth-order valence-corrected chi connectivity index (χ4v) is 1.99. The molecular weight excluding hydrogens is 317 g/mol. The molecule has 0 saturated carbocycles. The van der Waals surface area contributed by atoms with Crippen LogP contribution in [0.15, 0.2) is 18.2 Å². The highest BCUT2D eigenvalue weighted by Gasteiger charge is 2.13. The highest BCUT2D eigenvalue weighted by molar-refractivity contribution is 14.1. The lowest BCUT2D eigenvalue weighted by Gasteiger charge is -2.13. The maximum atomic E-state index is 11.9. The molecule has 0 radical (unpaired) electrons. The number of benzene rings is 1. The summed E-state index contributed by atoms with van der Waals surface area (Å²) in [6, 6.07) is 5.67. The van der Waals surface area contributed by atoms with E-state index < -0.39 is 0 Å². The highest BCUT2D eigenvalue weighted by atomic mass is 127. The number of amides is 1. The maximum absolute atomic E-state index is 11.9. The zero-order valence-corrected chi connectivity index (χ0v) is 11.6. The van der Waals surface area contributed by atoms with E-state index in [9.17, 15) is 4.79 Å². The Morgan fingerprint density at radius 1 is 1.56 bits per heavy atom. The van der Waals surface area contributed by atoms with Crippen LogP contribution in [-0.4, -0.2) is 23.7 Å². The predicted molar refractivity (Wildman–Crippen MR) is 72.5 cm³/mol. The van der Waals surface area contributed by atoms with Crippen molar-refractivity contribution in [3.05, 3.63) is 32.9 Å². The molecule has 1 aromatic carbocycles. The molecule has 1 aromatic rings. The van der Waals surface area contributed by atoms with Gasteiger partial charge < -0.3 is 10.4 Å². The van der Waals surface area contributed by atoms with E-state index in [-0.39, 0.29) is 18.6 Å². The van der Waals surface area contributed by atoms with Crippen LogP contribution < -0.4 is 5.32 Å². The summed E-state index contributed by atoms with van der Waals surface area (Å²) in [4.78, 5) is 11.9. The molecule has 2 N–H and O–H groups in total. The molecule has 88 valence electrons. The molecule has 0 aliphatic heterocycles. The first-order valence-corrected chi connectivity index (χ1v) is 6.31. The average molecular weight is 333 g/mol. The number of aliphatic hydroxyl groups excluding tert-OH is 1. The van der Waals surface area contributed by atoms with Crippen LogP contribution >= 0.6 is 22.6 Å². The number of aliphatic hydroxyl groups is 1. The van der Waals surface area contributed by atoms with Crippen LogP contribution in [0, 0.1) is 10.5 Å². The van der Waals surface area contributed by atoms with E-state index in [1.807, 2.05) is 32.0 Å². The molecule has 3 nitrogen and oxygen atoms in total. The zero-order valence-electron chi connectivity index (χ0n) is 9.46. The van der Waals surface area contributed by atoms with Gasteiger partial charge in [-0.1, -0.05) is 12.1 Å². The summed E-state index contributed by atoms with van der Waals surface area (Å²) >= 11 is 2.18. The number of aryl methyl sites for hydroxylation is 1. The van der Waals surface area contributed by atoms with E-state index in [0.717, 1.165) is 9.13 Å². The predicted octanol–water partition coefficient (Wildman–Crippen LogP) is 2.10. The monoisotopic (exact) mass is 333 g/mol. The van der Waals surface area contributed by atoms with Crippen LogP contribution in [0.2, 0.25) is 0 Å². The number of carbonyl (C=O) groups is 1. The smallest absolute Gasteiger partial charge is 0.252 e. The summed E-state index contributed by atoms with van der Waals surface area (Å²) in [6.45, 7) is 3.96. The normalized spacial score (nSPS) is 12.2. The van der Waals surface area contributed by atoms with Crippen LogP contribution in [0.3, 0.4) is 0 Å². The number of halogens is 1. The van der Waals surface area contributed by atoms with Crippen molar-refractivity contribution in [2.75, 3.05) is 6.61 Å². The summed E-state index contributed by atoms with van der Waals surface area (Å²) < 4.78 is 0.980. The Balaban J connectivity index is 2.77. The molecular formula is C12H16INO2. The molecule has 1 amide bonds. The molecule has 0 aliphatic carbocycles. The summed E-state index contributed by atoms with van der Waals surface area (Å²) in [5.41, 5.74) is 1.80. The Kier molecular flexibility index (Phi) is 5.21. The zero-order chi connectivity index (χ0) is 12.1. The lowest BCUT2D eigenvalue weighted by molar-refractivity contribution is 0.0933. The van der Waals surface area contributed by atoms with Gasteiger partial charge in [0, 0.05) is 16.2 Å². The SMILES string of the molecule is Cc1cccc(C(=O)NC(C)CCO)c1I. The van der Waals surface area contributed by atoms with Crippen molar-refractivity contribution in [3.8, 4) is 0 Å². The molecule has 0 heterocycles. The molecule has 0 fully saturated rings. The molecule has 4 heteroatoms. The standard InChI is InChI=1S/C12H16INO2/c1-8-4-3-5-10(11(8)13)12(16)14-9(2)6-7-15/h3-5,9,15H,6-7H2,1-2H3,(H,14,16). The van der Waals surface area contributed by atoms with Gasteiger partial charge in [-0.2, -0.15) is 0 Å². The number of carbonyl (C=O) groups excluding carboxylic acids is 1. The summed E-state index contributed by atoms with van der Waals surface area (Å²) in [5, 5.41) is 11.6. The fraction of sp³-hybridized carbons (Fsp3) is 0.417. The number of hydrogen-bond acceptors (Lipinski definition) is 2. The van der Waals surface area contributed by atoms with Gasteiger partial charge in [0.25, 0.3) is 5.91 Å². The Bertz CT molecular complexity index is 379. The second kappa shape index (κ2) is 6.20. The van der Waals surface area contributed by atoms with Crippen molar-refractivity contribution >= 4 is 28.5 Å². The van der Waals surface area contributed by atoms with E-state index >= 15 is 0 Å². The fourth-order valence-electron chi connectivity index (χ4n) is 1.39. The van der Waals surface area contributed by atoms with Crippen molar-refractivity contribution in [2.45, 2.75) is 26.3 Å². The molecule has 0 spiro atoms. The Morgan fingerprint density at radius 3 is 2.88 bits per heavy atom. The van der Waals surface area contributed by atoms with Crippen molar-refractivity contribution in [1.29, 1.82) is 0 Å². The summed E-state index contributed by atoms with van der Waals surface area (Å²) in [6.07, 6.45) is 0.578. The van der Waals surface area contributed by atoms with Gasteiger partial charge in [0.15, 0.2) is 0 Å². The van der Waals surface area contributed by atoms with Crippen molar-refractivity contribution in [3.63, 3.8) is 0 Å². The van der Waals surface area contributed by atoms with Gasteiger partial charge in [-0.15, -0.1) is 0 Å². The molecule has 0 aliphatic rings. The minimum absolute atomic E-state index is 0.00573. The van der Waals surface area contributed by atoms with Crippen molar-refractivity contribution < 1.29 is 9.90 Å². The number of nitrogens with one attached hydrogen (secondary N) is 1. The molecule has 0 aromatic heterocycles. The first-order chi connectivity index (χ1) is 7.56. The van der Waals surface area contributed by atoms with Crippen LogP contribution in [0.5, 0.6) is 0 Å². The minimum Gasteiger partial charge on any atom is -0.396 e. The van der Waals surface area contributed by atoms with Crippen molar-refractivity contribution in [1.82, 2.24) is 5.32 Å². The largest absolute Gasteiger partial charge is 0.396 e. The molecule has 1 rings (SSSR count). The van der Waals surface area contributed by atoms with Gasteiger partial charge in [-0.3, -0.25) is 4.79 Å². The van der Waals surface area contributed by atoms with Crippen molar-refractivity contribution in [2.24, 2.45) is 0 Å². The Hall–Kier alpha value is -0.620. The molecule has 1 unspecified atom stereocenters. The number of rotatable bonds is 4. The molecule has 0 bridgehead atoms. The Morgan fingerprint density at radius 2 is 2.25 bits per heavy atom. The second-order valence-corrected chi connectivity index (χ2v) is 4.90. The second-order valence-electron chi connectivity index (χ2n) is 3.82. The summed E-state index contributed by atoms with van der Waals surface area (Å²) in [5.74, 6) is -0.0750. The van der Waals surface area contributed by atoms with Crippen LogP contribution in [-0.2, 0) is 0 Å². The first kappa shape index (κ1) is 13.4. The molecule has 16 heavy (non-hydrogen) atoms. The van der Waals surface area contributed by atoms with E-state index in [1.54, 1.807) is 0 Å². The first-order valence-electron chi connectivity index (χ1n) is 5.23. The van der Waals surface area contributed by atoms with Crippen LogP contribution in [0.1, 0.15) is 29.3 Å². The topological polar surface area (TPSA) is 49.3 Å². The quantitative estimate of drug-likeness (QED) is 0.829. The van der Waals surface area contributed by atoms with Gasteiger partial charge >= 0.3 is 0 Å². The minimum atomic E-state index is -0.0750. The summed E-state index contributed by atoms with van der Waals surface area (Å²) in [7, 11) is 0. The highest BCUT2D eigenvalue weighted by Crippen LogP contribution is 2.16. The van der Waals surface area contributed by atoms with E-state index in [4.69, 9.17) is 5.11 Å². The lowest BCUT2D eigenvalue weighted by Crippen LogP contribution is -2.33. The Labute approximate surface area is 109 Å². The maximum Gasteiger partial charge on any atom is 0.252 e. The molecule has 0 saturated heterocycles. The van der Waals surface area contributed by atoms with E-state index in [0.29, 0.717) is 12.0 Å². The van der Waals surface area contributed by atoms with Gasteiger partial charge in [-0.25, -0.2) is 0 Å². The number of hydrogen-bond donors (Lipinski definition) is 2. The van der Waals surface area contributed by atoms with Gasteiger partial charge in [0.05, 0.1) is 5.56 Å². The van der Waals surface area contributed by atoms with Gasteiger partial charge in [0.1, 0.15) is 0 Å². The van der Waals surface area contributed by atoms with E-state index in [2.05, 4.69) is 27.9 Å². The van der Waals surface area contributed by atoms with E-state index in [1.165, 1.54) is 0 Å².